The zero-order valence-corrected chi connectivity index (χ0v) is 24.2. The van der Waals surface area contributed by atoms with E-state index < -0.39 is 0 Å². The van der Waals surface area contributed by atoms with Crippen LogP contribution in [0.3, 0.4) is 0 Å². The molecule has 10 nitrogen and oxygen atoms in total. The topological polar surface area (TPSA) is 95.1 Å². The fraction of sp³-hybridized carbons (Fsp3) is 0.414. The van der Waals surface area contributed by atoms with Crippen molar-refractivity contribution >= 4 is 46.3 Å². The summed E-state index contributed by atoms with van der Waals surface area (Å²) in [4.78, 5) is 28.2. The third kappa shape index (κ3) is 6.03. The van der Waals surface area contributed by atoms with Gasteiger partial charge in [-0.15, -0.1) is 0 Å². The van der Waals surface area contributed by atoms with Crippen LogP contribution in [0.1, 0.15) is 18.1 Å². The molecule has 40 heavy (non-hydrogen) atoms. The van der Waals surface area contributed by atoms with Crippen LogP contribution < -0.4 is 25.0 Å². The molecule has 1 aromatic heterocycles. The number of hydrogen-bond acceptors (Lipinski definition) is 9. The quantitative estimate of drug-likeness (QED) is 0.414. The number of carbonyl (C=O) groups is 1. The summed E-state index contributed by atoms with van der Waals surface area (Å²) < 4.78 is 11.4. The number of anilines is 5. The Morgan fingerprint density at radius 3 is 2.42 bits per heavy atom. The molecule has 5 rings (SSSR count). The molecule has 212 valence electrons. The van der Waals surface area contributed by atoms with Crippen LogP contribution in [0.25, 0.3) is 0 Å². The Hall–Kier alpha value is -3.76. The van der Waals surface area contributed by atoms with Crippen molar-refractivity contribution in [1.29, 1.82) is 0 Å². The summed E-state index contributed by atoms with van der Waals surface area (Å²) >= 11 is 6.49. The second-order valence-electron chi connectivity index (χ2n) is 10.0. The minimum atomic E-state index is 0.132. The molecule has 2 N–H and O–H groups in total. The lowest BCUT2D eigenvalue weighted by Crippen LogP contribution is -2.44. The van der Waals surface area contributed by atoms with E-state index in [4.69, 9.17) is 21.1 Å². The molecule has 0 bridgehead atoms. The molecule has 0 unspecified atom stereocenters. The maximum atomic E-state index is 12.6. The Morgan fingerprint density at radius 2 is 1.70 bits per heavy atom. The van der Waals surface area contributed by atoms with Gasteiger partial charge in [-0.1, -0.05) is 11.6 Å². The van der Waals surface area contributed by atoms with Crippen molar-refractivity contribution in [2.75, 3.05) is 76.1 Å². The number of methoxy groups -OCH3 is 2. The van der Waals surface area contributed by atoms with Gasteiger partial charge in [0.15, 0.2) is 5.82 Å². The Bertz CT molecular complexity index is 1380. The Morgan fingerprint density at radius 1 is 0.950 bits per heavy atom. The molecule has 0 radical (unpaired) electrons. The lowest BCUT2D eigenvalue weighted by Gasteiger charge is -2.34. The van der Waals surface area contributed by atoms with Gasteiger partial charge in [0.05, 0.1) is 38.2 Å². The van der Waals surface area contributed by atoms with Gasteiger partial charge in [-0.05, 0) is 55.8 Å². The third-order valence-electron chi connectivity index (χ3n) is 7.55. The van der Waals surface area contributed by atoms with Gasteiger partial charge in [-0.3, -0.25) is 4.79 Å². The van der Waals surface area contributed by atoms with E-state index in [0.29, 0.717) is 47.8 Å². The number of nitrogens with one attached hydrogen (secondary N) is 2. The number of likely N-dealkylation sites (N-methyl/N-ethyl adjacent to an activating group) is 2. The normalized spacial score (nSPS) is 15.9. The van der Waals surface area contributed by atoms with Gasteiger partial charge >= 0.3 is 0 Å². The maximum absolute atomic E-state index is 12.6. The number of fused-ring (bicyclic) bond motifs is 1. The molecule has 0 saturated carbocycles. The first-order valence-electron chi connectivity index (χ1n) is 13.5. The van der Waals surface area contributed by atoms with Crippen molar-refractivity contribution in [2.45, 2.75) is 19.8 Å². The molecule has 2 aliphatic rings. The summed E-state index contributed by atoms with van der Waals surface area (Å²) in [6.45, 7) is 7.39. The van der Waals surface area contributed by atoms with E-state index in [1.165, 1.54) is 0 Å². The van der Waals surface area contributed by atoms with E-state index >= 15 is 0 Å². The van der Waals surface area contributed by atoms with E-state index in [1.54, 1.807) is 20.4 Å². The molecule has 11 heteroatoms. The molecule has 3 aromatic rings. The molecule has 2 aliphatic heterocycles. The van der Waals surface area contributed by atoms with Crippen LogP contribution in [0, 0.1) is 0 Å². The van der Waals surface area contributed by atoms with Gasteiger partial charge in [0.1, 0.15) is 16.5 Å². The highest BCUT2D eigenvalue weighted by molar-refractivity contribution is 6.33. The molecule has 0 aliphatic carbocycles. The average Bonchev–Trinajstić information content (AvgIpc) is 3.12. The van der Waals surface area contributed by atoms with Crippen LogP contribution in [0.4, 0.5) is 28.8 Å². The second-order valence-corrected chi connectivity index (χ2v) is 10.4. The molecule has 0 atom stereocenters. The van der Waals surface area contributed by atoms with Gasteiger partial charge < -0.3 is 34.8 Å². The van der Waals surface area contributed by atoms with Gasteiger partial charge in [0.2, 0.25) is 11.9 Å². The molecule has 1 fully saturated rings. The van der Waals surface area contributed by atoms with Gasteiger partial charge in [0.25, 0.3) is 0 Å². The summed E-state index contributed by atoms with van der Waals surface area (Å²) in [6.07, 6.45) is 2.69. The molecule has 1 amide bonds. The molecular formula is C29H36ClN7O3. The Balaban J connectivity index is 1.37. The van der Waals surface area contributed by atoms with Gasteiger partial charge in [0, 0.05) is 51.0 Å². The summed E-state index contributed by atoms with van der Waals surface area (Å²) in [6, 6.07) is 10.0. The number of amides is 1. The largest absolute Gasteiger partial charge is 0.495 e. The van der Waals surface area contributed by atoms with Crippen LogP contribution >= 0.6 is 11.6 Å². The monoisotopic (exact) mass is 565 g/mol. The van der Waals surface area contributed by atoms with Crippen LogP contribution in [0.15, 0.2) is 36.5 Å². The SMILES string of the molecule is CCN1CCc2cc(Nc3ncc(Cl)c(Nc4ccc(N5CCN(C)CC5)cc4OC)n3)c(OC)cc2CC1=O. The standard InChI is InChI=1S/C29H36ClN7O3/c1-5-36-9-8-19-14-24(25(39-3)15-20(19)16-27(36)38)33-29-31-18-22(30)28(34-29)32-23-7-6-21(17-26(23)40-4)37-12-10-35(2)11-13-37/h6-7,14-15,17-18H,5,8-13,16H2,1-4H3,(H2,31,32,33,34). The lowest BCUT2D eigenvalue weighted by atomic mass is 10.0. The molecule has 2 aromatic carbocycles. The minimum absolute atomic E-state index is 0.132. The number of carbonyl (C=O) groups excluding carboxylic acids is 1. The first-order chi connectivity index (χ1) is 19.4. The van der Waals surface area contributed by atoms with Crippen LogP contribution in [-0.4, -0.2) is 86.2 Å². The number of halogens is 1. The molecule has 1 saturated heterocycles. The zero-order chi connectivity index (χ0) is 28.2. The Labute approximate surface area is 240 Å². The summed E-state index contributed by atoms with van der Waals surface area (Å²) in [5, 5.41) is 6.97. The van der Waals surface area contributed by atoms with Crippen LogP contribution in [0.5, 0.6) is 11.5 Å². The van der Waals surface area contributed by atoms with Crippen LogP contribution in [-0.2, 0) is 17.6 Å². The van der Waals surface area contributed by atoms with Crippen LogP contribution in [0.2, 0.25) is 5.02 Å². The minimum Gasteiger partial charge on any atom is -0.495 e. The second kappa shape index (κ2) is 12.2. The van der Waals surface area contributed by atoms with Crippen molar-refractivity contribution in [3.05, 3.63) is 52.7 Å². The number of benzene rings is 2. The predicted molar refractivity (Wildman–Crippen MR) is 159 cm³/mol. The van der Waals surface area contributed by atoms with Crippen molar-refractivity contribution in [1.82, 2.24) is 19.8 Å². The maximum Gasteiger partial charge on any atom is 0.229 e. The molecular weight excluding hydrogens is 530 g/mol. The number of rotatable bonds is 8. The van der Waals surface area contributed by atoms with E-state index in [-0.39, 0.29) is 5.91 Å². The van der Waals surface area contributed by atoms with Gasteiger partial charge in [-0.25, -0.2) is 4.98 Å². The fourth-order valence-electron chi connectivity index (χ4n) is 5.13. The van der Waals surface area contributed by atoms with E-state index in [1.807, 2.05) is 36.1 Å². The Kier molecular flexibility index (Phi) is 8.46. The average molecular weight is 566 g/mol. The lowest BCUT2D eigenvalue weighted by molar-refractivity contribution is -0.130. The van der Waals surface area contributed by atoms with E-state index in [9.17, 15) is 4.79 Å². The van der Waals surface area contributed by atoms with Crippen molar-refractivity contribution in [3.63, 3.8) is 0 Å². The third-order valence-corrected chi connectivity index (χ3v) is 7.82. The summed E-state index contributed by atoms with van der Waals surface area (Å²) in [5.41, 5.74) is 4.67. The fourth-order valence-corrected chi connectivity index (χ4v) is 5.27. The number of piperazine rings is 1. The number of nitrogens with zero attached hydrogens (tertiary/aromatic N) is 5. The van der Waals surface area contributed by atoms with Crippen molar-refractivity contribution in [2.24, 2.45) is 0 Å². The smallest absolute Gasteiger partial charge is 0.229 e. The number of aromatic nitrogens is 2. The van der Waals surface area contributed by atoms with E-state index in [2.05, 4.69) is 43.5 Å². The number of hydrogen-bond donors (Lipinski definition) is 2. The first kappa shape index (κ1) is 27.8. The van der Waals surface area contributed by atoms with Gasteiger partial charge in [-0.2, -0.15) is 4.98 Å². The van der Waals surface area contributed by atoms with Crippen molar-refractivity contribution in [3.8, 4) is 11.5 Å². The first-order valence-corrected chi connectivity index (χ1v) is 13.9. The highest BCUT2D eigenvalue weighted by Crippen LogP contribution is 2.36. The zero-order valence-electron chi connectivity index (χ0n) is 23.5. The highest BCUT2D eigenvalue weighted by Gasteiger charge is 2.22. The molecule has 3 heterocycles. The number of ether oxygens (including phenoxy) is 2. The molecule has 0 spiro atoms. The van der Waals surface area contributed by atoms with Crippen molar-refractivity contribution < 1.29 is 14.3 Å². The predicted octanol–water partition coefficient (Wildman–Crippen LogP) is 4.33. The summed E-state index contributed by atoms with van der Waals surface area (Å²) in [5.74, 6) is 2.25. The highest BCUT2D eigenvalue weighted by atomic mass is 35.5. The van der Waals surface area contributed by atoms with E-state index in [0.717, 1.165) is 60.8 Å². The summed E-state index contributed by atoms with van der Waals surface area (Å²) in [7, 11) is 5.41.